The van der Waals surface area contributed by atoms with Gasteiger partial charge in [0.25, 0.3) is 0 Å². The van der Waals surface area contributed by atoms with Crippen molar-refractivity contribution in [1.29, 1.82) is 0 Å². The minimum absolute atomic E-state index is 0.0467. The van der Waals surface area contributed by atoms with E-state index in [4.69, 9.17) is 9.84 Å². The average molecular weight is 248 g/mol. The van der Waals surface area contributed by atoms with E-state index in [-0.39, 0.29) is 13.2 Å². The van der Waals surface area contributed by atoms with E-state index < -0.39 is 6.10 Å². The molecule has 0 radical (unpaired) electrons. The molecule has 1 rings (SSSR count). The molecule has 3 nitrogen and oxygen atoms in total. The van der Waals surface area contributed by atoms with Gasteiger partial charge < -0.3 is 14.9 Å². The third kappa shape index (κ3) is 5.30. The molecule has 0 aliphatic heterocycles. The Morgan fingerprint density at radius 3 is 2.56 bits per heavy atom. The van der Waals surface area contributed by atoms with E-state index in [0.29, 0.717) is 17.8 Å². The van der Waals surface area contributed by atoms with Crippen molar-refractivity contribution < 1.29 is 14.9 Å². The highest BCUT2D eigenvalue weighted by Crippen LogP contribution is 2.05. The van der Waals surface area contributed by atoms with Crippen molar-refractivity contribution in [2.24, 2.45) is 0 Å². The topological polar surface area (TPSA) is 49.7 Å². The van der Waals surface area contributed by atoms with Gasteiger partial charge in [-0.1, -0.05) is 30.3 Å². The summed E-state index contributed by atoms with van der Waals surface area (Å²) < 4.78 is 5.44. The van der Waals surface area contributed by atoms with Gasteiger partial charge in [0.2, 0.25) is 0 Å². The number of aliphatic hydroxyl groups excluding tert-OH is 2. The summed E-state index contributed by atoms with van der Waals surface area (Å²) in [6.45, 7) is 4.20. The van der Waals surface area contributed by atoms with E-state index in [9.17, 15) is 5.11 Å². The summed E-state index contributed by atoms with van der Waals surface area (Å²) >= 11 is 0. The molecule has 3 heteroatoms. The molecule has 0 amide bonds. The summed E-state index contributed by atoms with van der Waals surface area (Å²) in [5, 5.41) is 18.7. The average Bonchev–Trinajstić information content (AvgIpc) is 2.39. The zero-order chi connectivity index (χ0) is 13.4. The fraction of sp³-hybridized carbons (Fsp3) is 0.400. The maximum atomic E-state index is 9.82. The summed E-state index contributed by atoms with van der Waals surface area (Å²) in [5.41, 5.74) is 5.39. The van der Waals surface area contributed by atoms with Gasteiger partial charge in [-0.2, -0.15) is 0 Å². The summed E-state index contributed by atoms with van der Waals surface area (Å²) in [6, 6.07) is 9.81. The van der Waals surface area contributed by atoms with Gasteiger partial charge in [0.15, 0.2) is 0 Å². The highest BCUT2D eigenvalue weighted by atomic mass is 16.5. The van der Waals surface area contributed by atoms with Gasteiger partial charge in [0.05, 0.1) is 19.8 Å². The number of rotatable bonds is 6. The molecule has 2 N–H and O–H groups in total. The molecule has 0 bridgehead atoms. The Morgan fingerprint density at radius 2 is 1.94 bits per heavy atom. The fourth-order valence-electron chi connectivity index (χ4n) is 1.45. The molecule has 0 aromatic heterocycles. The van der Waals surface area contributed by atoms with Gasteiger partial charge in [-0.3, -0.25) is 0 Å². The molecule has 1 unspecified atom stereocenters. The van der Waals surface area contributed by atoms with E-state index in [1.165, 1.54) is 0 Å². The lowest BCUT2D eigenvalue weighted by Gasteiger charge is -2.10. The molecule has 0 saturated heterocycles. The number of benzene rings is 1. The van der Waals surface area contributed by atoms with Crippen molar-refractivity contribution in [1.82, 2.24) is 0 Å². The third-order valence-electron chi connectivity index (χ3n) is 2.53. The van der Waals surface area contributed by atoms with Crippen LogP contribution in [0.3, 0.4) is 0 Å². The summed E-state index contributed by atoms with van der Waals surface area (Å²) in [6.07, 6.45) is -0.685. The number of ether oxygens (including phenoxy) is 1. The van der Waals surface area contributed by atoms with E-state index in [1.54, 1.807) is 13.8 Å². The first-order valence-electron chi connectivity index (χ1n) is 5.97. The number of aliphatic hydroxyl groups is 2. The maximum absolute atomic E-state index is 9.82. The molecule has 0 aliphatic carbocycles. The van der Waals surface area contributed by atoms with Crippen LogP contribution < -0.4 is 0 Å². The van der Waals surface area contributed by atoms with Crippen LogP contribution >= 0.6 is 0 Å². The molecular formula is C15H20O3. The Labute approximate surface area is 108 Å². The van der Waals surface area contributed by atoms with Gasteiger partial charge in [-0.25, -0.2) is 0 Å². The number of hydrogen-bond donors (Lipinski definition) is 2. The lowest BCUT2D eigenvalue weighted by Crippen LogP contribution is -2.16. The van der Waals surface area contributed by atoms with Crippen molar-refractivity contribution in [2.45, 2.75) is 26.6 Å². The molecule has 0 heterocycles. The van der Waals surface area contributed by atoms with Crippen LogP contribution in [0.4, 0.5) is 0 Å². The minimum atomic E-state index is -0.685. The summed E-state index contributed by atoms with van der Waals surface area (Å²) in [5.74, 6) is 0. The largest absolute Gasteiger partial charge is 0.391 e. The Bertz CT molecular complexity index is 417. The Kier molecular flexibility index (Phi) is 6.40. The monoisotopic (exact) mass is 248 g/mol. The smallest absolute Gasteiger partial charge is 0.105 e. The maximum Gasteiger partial charge on any atom is 0.105 e. The van der Waals surface area contributed by atoms with E-state index in [1.807, 2.05) is 30.3 Å². The molecule has 0 fully saturated rings. The minimum Gasteiger partial charge on any atom is -0.391 e. The Balaban J connectivity index is 2.42. The van der Waals surface area contributed by atoms with Crippen LogP contribution in [0.25, 0.3) is 0 Å². The number of hydrogen-bond acceptors (Lipinski definition) is 3. The summed E-state index contributed by atoms with van der Waals surface area (Å²) in [7, 11) is 0. The molecule has 18 heavy (non-hydrogen) atoms. The molecular weight excluding hydrogens is 228 g/mol. The fourth-order valence-corrected chi connectivity index (χ4v) is 1.45. The molecule has 0 spiro atoms. The lowest BCUT2D eigenvalue weighted by atomic mass is 10.1. The first-order chi connectivity index (χ1) is 8.63. The third-order valence-corrected chi connectivity index (χ3v) is 2.53. The van der Waals surface area contributed by atoms with Crippen molar-refractivity contribution in [3.8, 4) is 0 Å². The van der Waals surface area contributed by atoms with Crippen molar-refractivity contribution in [3.05, 3.63) is 52.8 Å². The molecule has 0 saturated carbocycles. The van der Waals surface area contributed by atoms with E-state index in [2.05, 4.69) is 5.73 Å². The normalized spacial score (nSPS) is 11.8. The second-order valence-electron chi connectivity index (χ2n) is 4.26. The van der Waals surface area contributed by atoms with Gasteiger partial charge in [0, 0.05) is 0 Å². The van der Waals surface area contributed by atoms with Crippen molar-refractivity contribution >= 4 is 0 Å². The quantitative estimate of drug-likeness (QED) is 0.757. The second-order valence-corrected chi connectivity index (χ2v) is 4.26. The standard InChI is InChI=1S/C15H20O3/c1-12(9-16)8-13(2)15(17)11-18-10-14-6-4-3-5-7-14/h3-7,15-17H,9-11H2,1-2H3. The molecule has 1 aromatic carbocycles. The Morgan fingerprint density at radius 1 is 1.28 bits per heavy atom. The van der Waals surface area contributed by atoms with Crippen LogP contribution in [0.2, 0.25) is 0 Å². The predicted octanol–water partition coefficient (Wildman–Crippen LogP) is 2.05. The van der Waals surface area contributed by atoms with Crippen LogP contribution in [0, 0.1) is 0 Å². The second kappa shape index (κ2) is 7.85. The first kappa shape index (κ1) is 14.7. The van der Waals surface area contributed by atoms with Gasteiger partial charge in [0.1, 0.15) is 6.10 Å². The van der Waals surface area contributed by atoms with Crippen LogP contribution in [-0.2, 0) is 11.3 Å². The van der Waals surface area contributed by atoms with E-state index in [0.717, 1.165) is 5.56 Å². The molecule has 1 atom stereocenters. The van der Waals surface area contributed by atoms with Crippen LogP contribution in [0.15, 0.2) is 47.2 Å². The van der Waals surface area contributed by atoms with Crippen molar-refractivity contribution in [2.75, 3.05) is 13.2 Å². The SMILES string of the molecule is CC(=C=C(C)C(O)COCc1ccccc1)CO. The molecule has 98 valence electrons. The zero-order valence-corrected chi connectivity index (χ0v) is 10.9. The summed E-state index contributed by atoms with van der Waals surface area (Å²) in [4.78, 5) is 0. The van der Waals surface area contributed by atoms with E-state index >= 15 is 0 Å². The molecule has 0 aliphatic rings. The van der Waals surface area contributed by atoms with Crippen LogP contribution in [0.1, 0.15) is 19.4 Å². The molecule has 1 aromatic rings. The zero-order valence-electron chi connectivity index (χ0n) is 10.9. The first-order valence-corrected chi connectivity index (χ1v) is 5.97. The van der Waals surface area contributed by atoms with Gasteiger partial charge in [-0.05, 0) is 30.6 Å². The van der Waals surface area contributed by atoms with Crippen LogP contribution in [0.5, 0.6) is 0 Å². The Hall–Kier alpha value is -1.38. The van der Waals surface area contributed by atoms with Gasteiger partial charge >= 0.3 is 0 Å². The van der Waals surface area contributed by atoms with Gasteiger partial charge in [-0.15, -0.1) is 5.73 Å². The lowest BCUT2D eigenvalue weighted by molar-refractivity contribution is 0.0454. The predicted molar refractivity (Wildman–Crippen MR) is 71.1 cm³/mol. The highest BCUT2D eigenvalue weighted by molar-refractivity contribution is 5.13. The van der Waals surface area contributed by atoms with Crippen molar-refractivity contribution in [3.63, 3.8) is 0 Å². The van der Waals surface area contributed by atoms with Crippen LogP contribution in [-0.4, -0.2) is 29.5 Å². The highest BCUT2D eigenvalue weighted by Gasteiger charge is 2.06.